The van der Waals surface area contributed by atoms with Crippen molar-refractivity contribution in [3.63, 3.8) is 0 Å². The molecule has 1 fully saturated rings. The minimum Gasteiger partial charge on any atom is -0.388 e. The lowest BCUT2D eigenvalue weighted by atomic mass is 9.81. The standard InChI is InChI=1S/C15H21NO2/c17-15-13(11-16-7-9-18-10-8-16)6-5-12-3-1-2-4-14(12)15/h1-4,13,15,17H,5-11H2. The molecule has 1 aliphatic carbocycles. The first-order valence-electron chi connectivity index (χ1n) is 6.90. The van der Waals surface area contributed by atoms with Gasteiger partial charge in [-0.1, -0.05) is 24.3 Å². The lowest BCUT2D eigenvalue weighted by molar-refractivity contribution is 0.00751. The Morgan fingerprint density at radius 3 is 2.83 bits per heavy atom. The van der Waals surface area contributed by atoms with E-state index in [9.17, 15) is 5.11 Å². The molecule has 3 heteroatoms. The molecule has 2 unspecified atom stereocenters. The maximum absolute atomic E-state index is 10.5. The number of ether oxygens (including phenoxy) is 1. The third kappa shape index (κ3) is 2.44. The van der Waals surface area contributed by atoms with Crippen LogP contribution in [0.5, 0.6) is 0 Å². The van der Waals surface area contributed by atoms with E-state index in [1.54, 1.807) is 0 Å². The first-order valence-corrected chi connectivity index (χ1v) is 6.90. The Bertz CT molecular complexity index is 401. The number of rotatable bonds is 2. The molecule has 0 radical (unpaired) electrons. The topological polar surface area (TPSA) is 32.7 Å². The van der Waals surface area contributed by atoms with Crippen molar-refractivity contribution in [3.05, 3.63) is 35.4 Å². The molecule has 0 saturated carbocycles. The minimum absolute atomic E-state index is 0.294. The fraction of sp³-hybridized carbons (Fsp3) is 0.600. The van der Waals surface area contributed by atoms with Gasteiger partial charge in [-0.2, -0.15) is 0 Å². The first kappa shape index (κ1) is 12.2. The van der Waals surface area contributed by atoms with Gasteiger partial charge in [-0.25, -0.2) is 0 Å². The van der Waals surface area contributed by atoms with Crippen LogP contribution in [0.2, 0.25) is 0 Å². The molecule has 1 aromatic rings. The number of fused-ring (bicyclic) bond motifs is 1. The summed E-state index contributed by atoms with van der Waals surface area (Å²) in [7, 11) is 0. The van der Waals surface area contributed by atoms with E-state index in [-0.39, 0.29) is 6.10 Å². The Morgan fingerprint density at radius 2 is 2.00 bits per heavy atom. The number of aryl methyl sites for hydroxylation is 1. The second kappa shape index (κ2) is 5.39. The van der Waals surface area contributed by atoms with Gasteiger partial charge in [-0.3, -0.25) is 4.90 Å². The zero-order valence-electron chi connectivity index (χ0n) is 10.7. The van der Waals surface area contributed by atoms with Crippen molar-refractivity contribution in [1.82, 2.24) is 4.90 Å². The minimum atomic E-state index is -0.294. The maximum Gasteiger partial charge on any atom is 0.0833 e. The van der Waals surface area contributed by atoms with Gasteiger partial charge in [0.25, 0.3) is 0 Å². The van der Waals surface area contributed by atoms with Crippen molar-refractivity contribution in [1.29, 1.82) is 0 Å². The van der Waals surface area contributed by atoms with E-state index in [0.29, 0.717) is 5.92 Å². The molecular weight excluding hydrogens is 226 g/mol. The zero-order valence-corrected chi connectivity index (χ0v) is 10.7. The van der Waals surface area contributed by atoms with Crippen LogP contribution in [0.25, 0.3) is 0 Å². The predicted molar refractivity (Wildman–Crippen MR) is 70.5 cm³/mol. The van der Waals surface area contributed by atoms with Gasteiger partial charge in [-0.05, 0) is 24.0 Å². The van der Waals surface area contributed by atoms with Crippen molar-refractivity contribution in [3.8, 4) is 0 Å². The van der Waals surface area contributed by atoms with E-state index in [0.717, 1.165) is 51.3 Å². The number of aliphatic hydroxyl groups excluding tert-OH is 1. The summed E-state index contributed by atoms with van der Waals surface area (Å²) in [5, 5.41) is 10.5. The summed E-state index contributed by atoms with van der Waals surface area (Å²) >= 11 is 0. The lowest BCUT2D eigenvalue weighted by Crippen LogP contribution is -2.41. The average molecular weight is 247 g/mol. The molecule has 0 spiro atoms. The Balaban J connectivity index is 1.68. The van der Waals surface area contributed by atoms with Crippen molar-refractivity contribution in [2.45, 2.75) is 18.9 Å². The third-order valence-electron chi connectivity index (χ3n) is 4.20. The van der Waals surface area contributed by atoms with E-state index in [4.69, 9.17) is 4.74 Å². The second-order valence-electron chi connectivity index (χ2n) is 5.36. The molecule has 3 nitrogen and oxygen atoms in total. The summed E-state index contributed by atoms with van der Waals surface area (Å²) in [5.74, 6) is 0.373. The smallest absolute Gasteiger partial charge is 0.0833 e. The summed E-state index contributed by atoms with van der Waals surface area (Å²) in [6.07, 6.45) is 1.90. The lowest BCUT2D eigenvalue weighted by Gasteiger charge is -2.35. The molecule has 1 aromatic carbocycles. The van der Waals surface area contributed by atoms with Crippen LogP contribution in [0.4, 0.5) is 0 Å². The van der Waals surface area contributed by atoms with Crippen molar-refractivity contribution in [2.75, 3.05) is 32.8 Å². The predicted octanol–water partition coefficient (Wildman–Crippen LogP) is 1.61. The molecule has 2 atom stereocenters. The van der Waals surface area contributed by atoms with Crippen LogP contribution < -0.4 is 0 Å². The molecule has 0 bridgehead atoms. The summed E-state index contributed by atoms with van der Waals surface area (Å²) in [4.78, 5) is 2.42. The molecule has 98 valence electrons. The highest BCUT2D eigenvalue weighted by atomic mass is 16.5. The number of morpholine rings is 1. The Hall–Kier alpha value is -0.900. The third-order valence-corrected chi connectivity index (χ3v) is 4.20. The van der Waals surface area contributed by atoms with Crippen LogP contribution >= 0.6 is 0 Å². The van der Waals surface area contributed by atoms with E-state index < -0.39 is 0 Å². The highest BCUT2D eigenvalue weighted by Crippen LogP contribution is 2.34. The quantitative estimate of drug-likeness (QED) is 0.862. The van der Waals surface area contributed by atoms with Crippen molar-refractivity contribution >= 4 is 0 Å². The molecule has 3 rings (SSSR count). The van der Waals surface area contributed by atoms with Crippen molar-refractivity contribution < 1.29 is 9.84 Å². The molecule has 1 N–H and O–H groups in total. The molecule has 1 heterocycles. The van der Waals surface area contributed by atoms with Gasteiger partial charge in [0.2, 0.25) is 0 Å². The van der Waals surface area contributed by atoms with Crippen molar-refractivity contribution in [2.24, 2.45) is 5.92 Å². The van der Waals surface area contributed by atoms with E-state index in [2.05, 4.69) is 23.1 Å². The number of hydrogen-bond donors (Lipinski definition) is 1. The fourth-order valence-electron chi connectivity index (χ4n) is 3.11. The number of nitrogens with zero attached hydrogens (tertiary/aromatic N) is 1. The number of benzene rings is 1. The molecule has 0 aromatic heterocycles. The van der Waals surface area contributed by atoms with Crippen LogP contribution in [-0.2, 0) is 11.2 Å². The highest BCUT2D eigenvalue weighted by molar-refractivity contribution is 5.31. The monoisotopic (exact) mass is 247 g/mol. The Labute approximate surface area is 108 Å². The van der Waals surface area contributed by atoms with E-state index in [1.165, 1.54) is 5.56 Å². The van der Waals surface area contributed by atoms with Crippen LogP contribution in [0.1, 0.15) is 23.7 Å². The summed E-state index contributed by atoms with van der Waals surface area (Å²) in [6.45, 7) is 4.67. The molecule has 1 saturated heterocycles. The van der Waals surface area contributed by atoms with Gasteiger partial charge in [0.15, 0.2) is 0 Å². The van der Waals surface area contributed by atoms with Crippen LogP contribution in [-0.4, -0.2) is 42.9 Å². The first-order chi connectivity index (χ1) is 8.84. The summed E-state index contributed by atoms with van der Waals surface area (Å²) in [6, 6.07) is 8.31. The molecule has 18 heavy (non-hydrogen) atoms. The fourth-order valence-corrected chi connectivity index (χ4v) is 3.11. The molecular formula is C15H21NO2. The molecule has 0 amide bonds. The Morgan fingerprint density at radius 1 is 1.22 bits per heavy atom. The molecule has 1 aliphatic heterocycles. The Kier molecular flexibility index (Phi) is 3.64. The van der Waals surface area contributed by atoms with E-state index in [1.807, 2.05) is 6.07 Å². The van der Waals surface area contributed by atoms with Gasteiger partial charge < -0.3 is 9.84 Å². The van der Waals surface area contributed by atoms with Gasteiger partial charge in [0.05, 0.1) is 19.3 Å². The second-order valence-corrected chi connectivity index (χ2v) is 5.36. The summed E-state index contributed by atoms with van der Waals surface area (Å²) < 4.78 is 5.37. The van der Waals surface area contributed by atoms with Crippen LogP contribution in [0.15, 0.2) is 24.3 Å². The molecule has 2 aliphatic rings. The van der Waals surface area contributed by atoms with Gasteiger partial charge in [-0.15, -0.1) is 0 Å². The largest absolute Gasteiger partial charge is 0.388 e. The van der Waals surface area contributed by atoms with Gasteiger partial charge in [0, 0.05) is 25.6 Å². The SMILES string of the molecule is OC1c2ccccc2CCC1CN1CCOCC1. The van der Waals surface area contributed by atoms with Crippen LogP contribution in [0, 0.1) is 5.92 Å². The van der Waals surface area contributed by atoms with Gasteiger partial charge >= 0.3 is 0 Å². The summed E-state index contributed by atoms with van der Waals surface area (Å²) in [5.41, 5.74) is 2.46. The normalized spacial score (nSPS) is 28.9. The number of aliphatic hydroxyl groups is 1. The van der Waals surface area contributed by atoms with Crippen LogP contribution in [0.3, 0.4) is 0 Å². The maximum atomic E-state index is 10.5. The van der Waals surface area contributed by atoms with E-state index >= 15 is 0 Å². The highest BCUT2D eigenvalue weighted by Gasteiger charge is 2.29. The number of hydrogen-bond acceptors (Lipinski definition) is 3. The average Bonchev–Trinajstić information content (AvgIpc) is 2.43. The zero-order chi connectivity index (χ0) is 12.4. The van der Waals surface area contributed by atoms with Gasteiger partial charge in [0.1, 0.15) is 0 Å².